The van der Waals surface area contributed by atoms with Gasteiger partial charge >= 0.3 is 6.09 Å². The number of carbonyl (C=O) groups excluding carboxylic acids is 2. The highest BCUT2D eigenvalue weighted by atomic mass is 16.6. The highest BCUT2D eigenvalue weighted by molar-refractivity contribution is 5.87. The van der Waals surface area contributed by atoms with Gasteiger partial charge in [0, 0.05) is 26.2 Å². The van der Waals surface area contributed by atoms with Gasteiger partial charge in [0.05, 0.1) is 6.61 Å². The third-order valence-corrected chi connectivity index (χ3v) is 1.86. The van der Waals surface area contributed by atoms with E-state index in [1.165, 1.54) is 18.0 Å². The summed E-state index contributed by atoms with van der Waals surface area (Å²) in [5.74, 6) is -0.247. The Morgan fingerprint density at radius 3 is 2.44 bits per heavy atom. The summed E-state index contributed by atoms with van der Waals surface area (Å²) in [6, 6.07) is 0. The van der Waals surface area contributed by atoms with Gasteiger partial charge in [-0.3, -0.25) is 4.79 Å². The first-order valence-corrected chi connectivity index (χ1v) is 5.77. The normalized spacial score (nSPS) is 11.4. The summed E-state index contributed by atoms with van der Waals surface area (Å²) >= 11 is 0. The van der Waals surface area contributed by atoms with E-state index in [0.717, 1.165) is 0 Å². The van der Waals surface area contributed by atoms with Crippen LogP contribution in [0.15, 0.2) is 12.2 Å². The smallest absolute Gasteiger partial charge is 0.410 e. The maximum Gasteiger partial charge on any atom is 0.410 e. The molecule has 0 unspecified atom stereocenters. The van der Waals surface area contributed by atoms with E-state index in [4.69, 9.17) is 9.84 Å². The molecular formula is C12H22N2O4. The molecule has 0 aromatic heterocycles. The van der Waals surface area contributed by atoms with Gasteiger partial charge in [-0.05, 0) is 20.8 Å². The summed E-state index contributed by atoms with van der Waals surface area (Å²) in [4.78, 5) is 24.0. The van der Waals surface area contributed by atoms with E-state index in [1.54, 1.807) is 26.8 Å². The van der Waals surface area contributed by atoms with Gasteiger partial charge in [0.15, 0.2) is 0 Å². The van der Waals surface area contributed by atoms with Crippen molar-refractivity contribution < 1.29 is 19.4 Å². The van der Waals surface area contributed by atoms with Crippen molar-refractivity contribution in [3.8, 4) is 0 Å². The van der Waals surface area contributed by atoms with Gasteiger partial charge in [-0.2, -0.15) is 0 Å². The second kappa shape index (κ2) is 7.71. The van der Waals surface area contributed by atoms with Gasteiger partial charge in [-0.1, -0.05) is 6.08 Å². The summed E-state index contributed by atoms with van der Waals surface area (Å²) in [5.41, 5.74) is -0.588. The third kappa shape index (κ3) is 7.67. The van der Waals surface area contributed by atoms with Gasteiger partial charge in [0.1, 0.15) is 5.60 Å². The molecule has 0 aromatic carbocycles. The zero-order valence-electron chi connectivity index (χ0n) is 11.4. The summed E-state index contributed by atoms with van der Waals surface area (Å²) < 4.78 is 5.18. The highest BCUT2D eigenvalue weighted by Crippen LogP contribution is 2.09. The Balaban J connectivity index is 4.42. The number of nitrogens with zero attached hydrogens (tertiary/aromatic N) is 1. The summed E-state index contributed by atoms with van der Waals surface area (Å²) in [5, 5.41) is 11.3. The molecule has 0 aromatic rings. The molecule has 0 aliphatic carbocycles. The molecule has 0 aliphatic heterocycles. The lowest BCUT2D eigenvalue weighted by Gasteiger charge is -2.26. The van der Waals surface area contributed by atoms with Crippen molar-refractivity contribution in [2.45, 2.75) is 26.4 Å². The van der Waals surface area contributed by atoms with Crippen molar-refractivity contribution in [1.82, 2.24) is 10.2 Å². The highest BCUT2D eigenvalue weighted by Gasteiger charge is 2.20. The molecule has 2 N–H and O–H groups in total. The van der Waals surface area contributed by atoms with Gasteiger partial charge in [0.25, 0.3) is 0 Å². The first kappa shape index (κ1) is 16.4. The number of ether oxygens (including phenoxy) is 1. The maximum absolute atomic E-state index is 11.8. The van der Waals surface area contributed by atoms with Crippen LogP contribution >= 0.6 is 0 Å². The van der Waals surface area contributed by atoms with Crippen LogP contribution in [0.25, 0.3) is 0 Å². The Kier molecular flexibility index (Phi) is 7.04. The minimum Gasteiger partial charge on any atom is -0.444 e. The third-order valence-electron chi connectivity index (χ3n) is 1.86. The van der Waals surface area contributed by atoms with Crippen LogP contribution in [-0.4, -0.2) is 54.4 Å². The van der Waals surface area contributed by atoms with Crippen LogP contribution < -0.4 is 5.32 Å². The van der Waals surface area contributed by atoms with Crippen molar-refractivity contribution in [3.05, 3.63) is 12.2 Å². The molecule has 0 saturated heterocycles. The van der Waals surface area contributed by atoms with E-state index >= 15 is 0 Å². The fourth-order valence-corrected chi connectivity index (χ4v) is 1.07. The van der Waals surface area contributed by atoms with Gasteiger partial charge in [0.2, 0.25) is 5.91 Å². The maximum atomic E-state index is 11.8. The van der Waals surface area contributed by atoms with E-state index in [2.05, 4.69) is 5.32 Å². The molecule has 0 spiro atoms. The standard InChI is InChI=1S/C12H22N2O4/c1-12(2,3)18-11(17)14(8-9-15)7-5-6-10(16)13-4/h5-6,15H,7-9H2,1-4H3,(H,13,16)/b6-5+. The molecule has 0 heterocycles. The number of hydrogen-bond donors (Lipinski definition) is 2. The Morgan fingerprint density at radius 2 is 2.00 bits per heavy atom. The topological polar surface area (TPSA) is 78.9 Å². The SMILES string of the molecule is CNC(=O)/C=C/CN(CCO)C(=O)OC(C)(C)C. The second-order valence-corrected chi connectivity index (χ2v) is 4.67. The first-order valence-electron chi connectivity index (χ1n) is 5.77. The fraction of sp³-hybridized carbons (Fsp3) is 0.667. The zero-order chi connectivity index (χ0) is 14.2. The molecule has 0 aliphatic rings. The van der Waals surface area contributed by atoms with Crippen LogP contribution in [0.4, 0.5) is 4.79 Å². The van der Waals surface area contributed by atoms with Gasteiger partial charge in [-0.25, -0.2) is 4.79 Å². The minimum atomic E-state index is -0.588. The minimum absolute atomic E-state index is 0.160. The lowest BCUT2D eigenvalue weighted by atomic mass is 10.2. The zero-order valence-corrected chi connectivity index (χ0v) is 11.4. The van der Waals surface area contributed by atoms with Crippen molar-refractivity contribution in [2.24, 2.45) is 0 Å². The van der Waals surface area contributed by atoms with Crippen LogP contribution in [0.2, 0.25) is 0 Å². The van der Waals surface area contributed by atoms with E-state index in [0.29, 0.717) is 0 Å². The molecule has 0 atom stereocenters. The largest absolute Gasteiger partial charge is 0.444 e. The number of amides is 2. The second-order valence-electron chi connectivity index (χ2n) is 4.67. The fourth-order valence-electron chi connectivity index (χ4n) is 1.07. The average molecular weight is 258 g/mol. The van der Waals surface area contributed by atoms with E-state index in [1.807, 2.05) is 0 Å². The van der Waals surface area contributed by atoms with E-state index in [9.17, 15) is 9.59 Å². The summed E-state index contributed by atoms with van der Waals surface area (Å²) in [6.07, 6.45) is 2.35. The summed E-state index contributed by atoms with van der Waals surface area (Å²) in [7, 11) is 1.52. The molecule has 6 heteroatoms. The lowest BCUT2D eigenvalue weighted by Crippen LogP contribution is -2.38. The number of nitrogens with one attached hydrogen (secondary N) is 1. The number of carbonyl (C=O) groups is 2. The molecule has 2 amide bonds. The predicted molar refractivity (Wildman–Crippen MR) is 68.1 cm³/mol. The molecule has 0 saturated carbocycles. The van der Waals surface area contributed by atoms with Crippen LogP contribution in [0.3, 0.4) is 0 Å². The number of aliphatic hydroxyl groups is 1. The van der Waals surface area contributed by atoms with Crippen LogP contribution in [0.5, 0.6) is 0 Å². The number of rotatable bonds is 5. The van der Waals surface area contributed by atoms with Crippen molar-refractivity contribution in [1.29, 1.82) is 0 Å². The predicted octanol–water partition coefficient (Wildman–Crippen LogP) is 0.518. The lowest BCUT2D eigenvalue weighted by molar-refractivity contribution is -0.116. The Hall–Kier alpha value is -1.56. The Labute approximate surface area is 108 Å². The van der Waals surface area contributed by atoms with Crippen LogP contribution in [-0.2, 0) is 9.53 Å². The van der Waals surface area contributed by atoms with Crippen LogP contribution in [0.1, 0.15) is 20.8 Å². The monoisotopic (exact) mass is 258 g/mol. The molecule has 0 bridgehead atoms. The van der Waals surface area contributed by atoms with Gasteiger partial charge < -0.3 is 20.1 Å². The number of hydrogen-bond acceptors (Lipinski definition) is 4. The van der Waals surface area contributed by atoms with Crippen molar-refractivity contribution >= 4 is 12.0 Å². The molecule has 0 rings (SSSR count). The molecule has 18 heavy (non-hydrogen) atoms. The van der Waals surface area contributed by atoms with Gasteiger partial charge in [-0.15, -0.1) is 0 Å². The molecule has 104 valence electrons. The van der Waals surface area contributed by atoms with Crippen molar-refractivity contribution in [2.75, 3.05) is 26.7 Å². The first-order chi connectivity index (χ1) is 8.30. The Bertz CT molecular complexity index is 308. The Morgan fingerprint density at radius 1 is 1.39 bits per heavy atom. The summed E-state index contributed by atoms with van der Waals surface area (Å²) in [6.45, 7) is 5.51. The van der Waals surface area contributed by atoms with Crippen LogP contribution in [0, 0.1) is 0 Å². The van der Waals surface area contributed by atoms with E-state index in [-0.39, 0.29) is 25.6 Å². The number of aliphatic hydroxyl groups excluding tert-OH is 1. The molecule has 6 nitrogen and oxygen atoms in total. The molecular weight excluding hydrogens is 236 g/mol. The average Bonchev–Trinajstić information content (AvgIpc) is 2.25. The quantitative estimate of drug-likeness (QED) is 0.705. The van der Waals surface area contributed by atoms with E-state index < -0.39 is 11.7 Å². The van der Waals surface area contributed by atoms with Crippen molar-refractivity contribution in [3.63, 3.8) is 0 Å². The molecule has 0 fully saturated rings. The molecule has 0 radical (unpaired) electrons. The number of likely N-dealkylation sites (N-methyl/N-ethyl adjacent to an activating group) is 1.